The molecule has 0 spiro atoms. The van der Waals surface area contributed by atoms with Crippen molar-refractivity contribution in [3.8, 4) is 11.5 Å². The quantitative estimate of drug-likeness (QED) is 0.340. The van der Waals surface area contributed by atoms with Crippen LogP contribution < -0.4 is 9.64 Å². The second-order valence-corrected chi connectivity index (χ2v) is 10.1. The highest BCUT2D eigenvalue weighted by Crippen LogP contribution is 2.45. The first-order valence-corrected chi connectivity index (χ1v) is 12.5. The van der Waals surface area contributed by atoms with Crippen LogP contribution in [0, 0.1) is 20.8 Å². The number of benzene rings is 1. The van der Waals surface area contributed by atoms with E-state index in [1.807, 2.05) is 0 Å². The number of ketones is 1. The van der Waals surface area contributed by atoms with Gasteiger partial charge in [-0.05, 0) is 45.4 Å². The third kappa shape index (κ3) is 4.22. The van der Waals surface area contributed by atoms with Crippen molar-refractivity contribution in [3.05, 3.63) is 61.2 Å². The first kappa shape index (κ1) is 25.3. The van der Waals surface area contributed by atoms with Gasteiger partial charge in [-0.2, -0.15) is 0 Å². The van der Waals surface area contributed by atoms with Gasteiger partial charge in [0.1, 0.15) is 4.88 Å². The topological polar surface area (TPSA) is 139 Å². The SMILES string of the molecule is CCOc1cc(C2C(C(=O)c3sc(C)nc3C)=C(O)C(=O)N2c2nc(C)c(C(=O)OC)s2)ccc1O. The number of aromatic hydroxyl groups is 1. The second kappa shape index (κ2) is 9.70. The molecule has 1 aromatic carbocycles. The van der Waals surface area contributed by atoms with Crippen LogP contribution in [-0.2, 0) is 9.53 Å². The highest BCUT2D eigenvalue weighted by Gasteiger charge is 2.47. The van der Waals surface area contributed by atoms with Crippen molar-refractivity contribution in [2.75, 3.05) is 18.6 Å². The van der Waals surface area contributed by atoms with Gasteiger partial charge < -0.3 is 19.7 Å². The first-order valence-electron chi connectivity index (χ1n) is 10.9. The molecule has 2 N–H and O–H groups in total. The lowest BCUT2D eigenvalue weighted by atomic mass is 9.95. The van der Waals surface area contributed by atoms with Crippen LogP contribution in [0.2, 0.25) is 0 Å². The standard InChI is InChI=1S/C24H23N3O7S2/c1-6-34-15-9-13(7-8-14(15)28)17-16(18(29)20-10(2)25-12(4)35-20)19(30)22(31)27(17)24-26-11(3)21(36-24)23(32)33-5/h7-9,17,28,30H,6H2,1-5H3. The molecule has 0 radical (unpaired) electrons. The number of esters is 1. The Labute approximate surface area is 214 Å². The van der Waals surface area contributed by atoms with Gasteiger partial charge in [-0.15, -0.1) is 11.3 Å². The molecule has 36 heavy (non-hydrogen) atoms. The Kier molecular flexibility index (Phi) is 6.83. The summed E-state index contributed by atoms with van der Waals surface area (Å²) in [7, 11) is 1.24. The molecule has 1 atom stereocenters. The van der Waals surface area contributed by atoms with Crippen molar-refractivity contribution in [1.29, 1.82) is 0 Å². The van der Waals surface area contributed by atoms with Crippen molar-refractivity contribution >= 4 is 45.5 Å². The van der Waals surface area contributed by atoms with Crippen LogP contribution in [0.4, 0.5) is 5.13 Å². The van der Waals surface area contributed by atoms with Crippen molar-refractivity contribution in [1.82, 2.24) is 9.97 Å². The molecule has 1 unspecified atom stereocenters. The van der Waals surface area contributed by atoms with Crippen LogP contribution in [-0.4, -0.2) is 51.6 Å². The average Bonchev–Trinajstić information content (AvgIpc) is 3.47. The number of amides is 1. The van der Waals surface area contributed by atoms with E-state index in [2.05, 4.69) is 9.97 Å². The minimum atomic E-state index is -1.11. The molecule has 0 saturated heterocycles. The Hall–Kier alpha value is -3.77. The number of rotatable bonds is 7. The molecule has 0 fully saturated rings. The molecule has 1 amide bonds. The first-order chi connectivity index (χ1) is 17.1. The molecule has 188 valence electrons. The van der Waals surface area contributed by atoms with Crippen LogP contribution >= 0.6 is 22.7 Å². The van der Waals surface area contributed by atoms with Gasteiger partial charge in [0.05, 0.1) is 46.6 Å². The minimum absolute atomic E-state index is 0.0977. The normalized spacial score (nSPS) is 15.5. The molecular weight excluding hydrogens is 506 g/mol. The zero-order valence-corrected chi connectivity index (χ0v) is 21.7. The van der Waals surface area contributed by atoms with Crippen LogP contribution in [0.25, 0.3) is 0 Å². The van der Waals surface area contributed by atoms with E-state index >= 15 is 0 Å². The molecule has 1 aliphatic heterocycles. The number of aryl methyl sites for hydroxylation is 3. The van der Waals surface area contributed by atoms with Gasteiger partial charge in [-0.25, -0.2) is 14.8 Å². The number of anilines is 1. The number of hydrogen-bond donors (Lipinski definition) is 2. The number of aliphatic hydroxyl groups excluding tert-OH is 1. The second-order valence-electron chi connectivity index (χ2n) is 7.88. The Balaban J connectivity index is 1.92. The largest absolute Gasteiger partial charge is 0.504 e. The molecule has 12 heteroatoms. The van der Waals surface area contributed by atoms with Gasteiger partial charge in [0.15, 0.2) is 22.4 Å². The number of thiazole rings is 2. The van der Waals surface area contributed by atoms with E-state index in [-0.39, 0.29) is 33.7 Å². The Morgan fingerprint density at radius 3 is 2.39 bits per heavy atom. The summed E-state index contributed by atoms with van der Waals surface area (Å²) in [6.07, 6.45) is 0. The predicted octanol–water partition coefficient (Wildman–Crippen LogP) is 4.20. The maximum Gasteiger partial charge on any atom is 0.350 e. The number of nitrogens with zero attached hydrogens (tertiary/aromatic N) is 3. The summed E-state index contributed by atoms with van der Waals surface area (Å²) in [5.41, 5.74) is 1.05. The lowest BCUT2D eigenvalue weighted by molar-refractivity contribution is -0.117. The lowest BCUT2D eigenvalue weighted by Gasteiger charge is -2.25. The summed E-state index contributed by atoms with van der Waals surface area (Å²) in [5.74, 6) is -2.72. The van der Waals surface area contributed by atoms with E-state index in [1.54, 1.807) is 27.7 Å². The summed E-state index contributed by atoms with van der Waals surface area (Å²) in [6.45, 7) is 7.05. The van der Waals surface area contributed by atoms with Gasteiger partial charge in [0.25, 0.3) is 5.91 Å². The van der Waals surface area contributed by atoms with Crippen LogP contribution in [0.5, 0.6) is 11.5 Å². The molecule has 3 heterocycles. The Bertz CT molecular complexity index is 1420. The fourth-order valence-electron chi connectivity index (χ4n) is 3.95. The molecule has 3 aromatic rings. The van der Waals surface area contributed by atoms with Crippen molar-refractivity contribution in [2.45, 2.75) is 33.7 Å². The summed E-state index contributed by atoms with van der Waals surface area (Å²) in [5, 5.41) is 21.9. The molecular formula is C24H23N3O7S2. The number of aromatic nitrogens is 2. The minimum Gasteiger partial charge on any atom is -0.504 e. The number of carbonyl (C=O) groups is 3. The molecule has 10 nitrogen and oxygen atoms in total. The van der Waals surface area contributed by atoms with Crippen LogP contribution in [0.15, 0.2) is 29.5 Å². The maximum absolute atomic E-state index is 13.7. The number of methoxy groups -OCH3 is 1. The monoisotopic (exact) mass is 529 g/mol. The van der Waals surface area contributed by atoms with E-state index in [9.17, 15) is 24.6 Å². The fourth-order valence-corrected chi connectivity index (χ4v) is 5.84. The van der Waals surface area contributed by atoms with Crippen molar-refractivity contribution in [3.63, 3.8) is 0 Å². The number of phenolic OH excluding ortho intramolecular Hbond substituents is 1. The van der Waals surface area contributed by atoms with Crippen molar-refractivity contribution < 1.29 is 34.1 Å². The third-order valence-electron chi connectivity index (χ3n) is 5.52. The van der Waals surface area contributed by atoms with Crippen LogP contribution in [0.1, 0.15) is 54.3 Å². The molecule has 0 saturated carbocycles. The summed E-state index contributed by atoms with van der Waals surface area (Å²) in [6, 6.07) is 3.31. The zero-order chi connectivity index (χ0) is 26.3. The zero-order valence-electron chi connectivity index (χ0n) is 20.1. The fraction of sp³-hybridized carbons (Fsp3) is 0.292. The van der Waals surface area contributed by atoms with E-state index in [0.717, 1.165) is 27.6 Å². The van der Waals surface area contributed by atoms with Gasteiger partial charge in [0.2, 0.25) is 5.78 Å². The van der Waals surface area contributed by atoms with E-state index < -0.39 is 29.5 Å². The van der Waals surface area contributed by atoms with E-state index in [0.29, 0.717) is 26.8 Å². The van der Waals surface area contributed by atoms with Gasteiger partial charge in [-0.1, -0.05) is 17.4 Å². The average molecular weight is 530 g/mol. The maximum atomic E-state index is 13.7. The van der Waals surface area contributed by atoms with Gasteiger partial charge >= 0.3 is 5.97 Å². The van der Waals surface area contributed by atoms with E-state index in [1.165, 1.54) is 25.3 Å². The Morgan fingerprint density at radius 2 is 1.78 bits per heavy atom. The lowest BCUT2D eigenvalue weighted by Crippen LogP contribution is -2.31. The molecule has 0 aliphatic carbocycles. The molecule has 0 bridgehead atoms. The number of ether oxygens (including phenoxy) is 2. The van der Waals surface area contributed by atoms with E-state index in [4.69, 9.17) is 9.47 Å². The van der Waals surface area contributed by atoms with Crippen LogP contribution in [0.3, 0.4) is 0 Å². The number of phenols is 1. The summed E-state index contributed by atoms with van der Waals surface area (Å²) < 4.78 is 10.3. The number of aliphatic hydroxyl groups is 1. The summed E-state index contributed by atoms with van der Waals surface area (Å²) >= 11 is 2.07. The highest BCUT2D eigenvalue weighted by atomic mass is 32.1. The summed E-state index contributed by atoms with van der Waals surface area (Å²) in [4.78, 5) is 49.6. The smallest absolute Gasteiger partial charge is 0.350 e. The predicted molar refractivity (Wildman–Crippen MR) is 133 cm³/mol. The van der Waals surface area contributed by atoms with Gasteiger partial charge in [-0.3, -0.25) is 14.5 Å². The number of hydrogen-bond acceptors (Lipinski definition) is 11. The third-order valence-corrected chi connectivity index (χ3v) is 7.73. The molecule has 1 aliphatic rings. The van der Waals surface area contributed by atoms with Crippen molar-refractivity contribution in [2.24, 2.45) is 0 Å². The van der Waals surface area contributed by atoms with Gasteiger partial charge in [0, 0.05) is 0 Å². The molecule has 4 rings (SSSR count). The molecule has 2 aromatic heterocycles. The Morgan fingerprint density at radius 1 is 1.08 bits per heavy atom. The highest BCUT2D eigenvalue weighted by molar-refractivity contribution is 7.17. The number of Topliss-reactive ketones (excluding diaryl/α,β-unsaturated/α-hetero) is 1. The number of carbonyl (C=O) groups excluding carboxylic acids is 3.